The van der Waals surface area contributed by atoms with Gasteiger partial charge in [0.25, 0.3) is 0 Å². The third-order valence-corrected chi connectivity index (χ3v) is 4.40. The van der Waals surface area contributed by atoms with Crippen molar-refractivity contribution in [2.75, 3.05) is 6.61 Å². The van der Waals surface area contributed by atoms with Gasteiger partial charge in [-0.05, 0) is 55.8 Å². The number of esters is 1. The quantitative estimate of drug-likeness (QED) is 0.347. The molecular formula is C22H20FNO4. The molecule has 0 radical (unpaired) electrons. The summed E-state index contributed by atoms with van der Waals surface area (Å²) < 4.78 is 25.2. The molecule has 1 aromatic carbocycles. The smallest absolute Gasteiger partial charge is 0.331 e. The summed E-state index contributed by atoms with van der Waals surface area (Å²) in [6.07, 6.45) is 4.32. The minimum Gasteiger partial charge on any atom is -0.467 e. The van der Waals surface area contributed by atoms with Gasteiger partial charge in [0.1, 0.15) is 11.6 Å². The number of ketones is 1. The van der Waals surface area contributed by atoms with E-state index in [9.17, 15) is 14.0 Å². The molecule has 3 rings (SSSR count). The first-order chi connectivity index (χ1) is 13.4. The summed E-state index contributed by atoms with van der Waals surface area (Å²) in [5, 5.41) is 0. The molecule has 144 valence electrons. The van der Waals surface area contributed by atoms with E-state index in [-0.39, 0.29) is 18.2 Å². The molecule has 0 atom stereocenters. The van der Waals surface area contributed by atoms with Gasteiger partial charge < -0.3 is 13.7 Å². The first-order valence-corrected chi connectivity index (χ1v) is 8.77. The van der Waals surface area contributed by atoms with Gasteiger partial charge >= 0.3 is 5.97 Å². The van der Waals surface area contributed by atoms with Crippen molar-refractivity contribution in [3.63, 3.8) is 0 Å². The van der Waals surface area contributed by atoms with Crippen molar-refractivity contribution in [2.24, 2.45) is 0 Å². The number of carbonyl (C=O) groups excluding carboxylic acids is 2. The number of nitrogens with zero attached hydrogens (tertiary/aromatic N) is 1. The number of aromatic nitrogens is 1. The zero-order chi connectivity index (χ0) is 20.1. The van der Waals surface area contributed by atoms with Crippen LogP contribution in [0.1, 0.15) is 33.1 Å². The average molecular weight is 381 g/mol. The summed E-state index contributed by atoms with van der Waals surface area (Å²) in [6.45, 7) is 3.93. The van der Waals surface area contributed by atoms with Crippen LogP contribution in [0.15, 0.2) is 59.2 Å². The molecular weight excluding hydrogens is 361 g/mol. The first-order valence-electron chi connectivity index (χ1n) is 8.77. The molecule has 0 N–H and O–H groups in total. The summed E-state index contributed by atoms with van der Waals surface area (Å²) in [5.74, 6) is -0.475. The molecule has 2 aromatic heterocycles. The maximum Gasteiger partial charge on any atom is 0.331 e. The van der Waals surface area contributed by atoms with Gasteiger partial charge in [-0.25, -0.2) is 9.18 Å². The van der Waals surface area contributed by atoms with E-state index >= 15 is 0 Å². The maximum atomic E-state index is 12.9. The third-order valence-electron chi connectivity index (χ3n) is 4.40. The van der Waals surface area contributed by atoms with Gasteiger partial charge in [0.05, 0.1) is 12.8 Å². The highest BCUT2D eigenvalue weighted by Crippen LogP contribution is 2.18. The lowest BCUT2D eigenvalue weighted by Crippen LogP contribution is -2.13. The van der Waals surface area contributed by atoms with Gasteiger partial charge in [-0.3, -0.25) is 4.79 Å². The lowest BCUT2D eigenvalue weighted by molar-refractivity contribution is -0.136. The number of halogens is 1. The van der Waals surface area contributed by atoms with Crippen LogP contribution in [0.4, 0.5) is 4.39 Å². The summed E-state index contributed by atoms with van der Waals surface area (Å²) in [5.41, 5.74) is 2.88. The second kappa shape index (κ2) is 8.52. The van der Waals surface area contributed by atoms with Gasteiger partial charge in [0.15, 0.2) is 6.61 Å². The number of benzene rings is 1. The number of aryl methyl sites for hydroxylation is 1. The Balaban J connectivity index is 1.60. The first kappa shape index (κ1) is 19.4. The number of carbonyl (C=O) groups is 2. The van der Waals surface area contributed by atoms with Crippen molar-refractivity contribution in [2.45, 2.75) is 20.4 Å². The van der Waals surface area contributed by atoms with E-state index in [4.69, 9.17) is 9.15 Å². The standard InChI is InChI=1S/C22H20FNO4/c1-15-12-20(16(2)24(15)13-19-4-3-11-27-19)21(25)14-28-22(26)10-7-17-5-8-18(23)9-6-17/h3-12H,13-14H2,1-2H3. The lowest BCUT2D eigenvalue weighted by Gasteiger charge is -2.08. The topological polar surface area (TPSA) is 61.4 Å². The van der Waals surface area contributed by atoms with E-state index in [1.807, 2.05) is 30.5 Å². The van der Waals surface area contributed by atoms with Crippen molar-refractivity contribution >= 4 is 17.8 Å². The van der Waals surface area contributed by atoms with E-state index in [0.717, 1.165) is 17.1 Å². The summed E-state index contributed by atoms with van der Waals surface area (Å²) in [7, 11) is 0. The number of rotatable bonds is 7. The Bertz CT molecular complexity index is 998. The summed E-state index contributed by atoms with van der Waals surface area (Å²) in [4.78, 5) is 24.3. The summed E-state index contributed by atoms with van der Waals surface area (Å²) in [6, 6.07) is 11.1. The molecule has 5 nitrogen and oxygen atoms in total. The number of furan rings is 1. The lowest BCUT2D eigenvalue weighted by atomic mass is 10.1. The van der Waals surface area contributed by atoms with Crippen LogP contribution in [0, 0.1) is 19.7 Å². The Morgan fingerprint density at radius 1 is 1.18 bits per heavy atom. The van der Waals surface area contributed by atoms with E-state index in [0.29, 0.717) is 17.7 Å². The predicted octanol–water partition coefficient (Wildman–Crippen LogP) is 4.32. The summed E-state index contributed by atoms with van der Waals surface area (Å²) >= 11 is 0. The zero-order valence-electron chi connectivity index (χ0n) is 15.6. The zero-order valence-corrected chi connectivity index (χ0v) is 15.6. The molecule has 0 fully saturated rings. The Morgan fingerprint density at radius 3 is 2.61 bits per heavy atom. The third kappa shape index (κ3) is 4.65. The highest BCUT2D eigenvalue weighted by Gasteiger charge is 2.17. The monoisotopic (exact) mass is 381 g/mol. The van der Waals surface area contributed by atoms with Gasteiger partial charge in [-0.1, -0.05) is 12.1 Å². The normalized spacial score (nSPS) is 11.1. The van der Waals surface area contributed by atoms with Crippen molar-refractivity contribution < 1.29 is 23.1 Å². The van der Waals surface area contributed by atoms with Crippen LogP contribution >= 0.6 is 0 Å². The van der Waals surface area contributed by atoms with Gasteiger partial charge in [0, 0.05) is 23.0 Å². The van der Waals surface area contributed by atoms with Crippen molar-refractivity contribution in [1.29, 1.82) is 0 Å². The number of hydrogen-bond acceptors (Lipinski definition) is 4. The molecule has 0 aliphatic rings. The molecule has 0 bridgehead atoms. The van der Waals surface area contributed by atoms with Crippen molar-refractivity contribution in [3.05, 3.63) is 88.9 Å². The highest BCUT2D eigenvalue weighted by molar-refractivity contribution is 6.00. The molecule has 28 heavy (non-hydrogen) atoms. The van der Waals surface area contributed by atoms with E-state index in [1.54, 1.807) is 12.3 Å². The molecule has 0 saturated carbocycles. The largest absolute Gasteiger partial charge is 0.467 e. The molecule has 2 heterocycles. The van der Waals surface area contributed by atoms with Crippen LogP contribution in [0.25, 0.3) is 6.08 Å². The van der Waals surface area contributed by atoms with Crippen LogP contribution < -0.4 is 0 Å². The molecule has 0 unspecified atom stereocenters. The average Bonchev–Trinajstić information content (AvgIpc) is 3.29. The number of ether oxygens (including phenoxy) is 1. The van der Waals surface area contributed by atoms with Crippen molar-refractivity contribution in [3.8, 4) is 0 Å². The minimum atomic E-state index is -0.637. The van der Waals surface area contributed by atoms with Crippen LogP contribution in [0.3, 0.4) is 0 Å². The molecule has 0 amide bonds. The van der Waals surface area contributed by atoms with Crippen LogP contribution in [0.2, 0.25) is 0 Å². The Morgan fingerprint density at radius 2 is 1.93 bits per heavy atom. The fourth-order valence-corrected chi connectivity index (χ4v) is 2.89. The highest BCUT2D eigenvalue weighted by atomic mass is 19.1. The van der Waals surface area contributed by atoms with Gasteiger partial charge in [-0.15, -0.1) is 0 Å². The fourth-order valence-electron chi connectivity index (χ4n) is 2.89. The van der Waals surface area contributed by atoms with Crippen molar-refractivity contribution in [1.82, 2.24) is 4.57 Å². The second-order valence-corrected chi connectivity index (χ2v) is 6.37. The minimum absolute atomic E-state index is 0.276. The number of hydrogen-bond donors (Lipinski definition) is 0. The van der Waals surface area contributed by atoms with E-state index in [2.05, 4.69) is 0 Å². The SMILES string of the molecule is Cc1cc(C(=O)COC(=O)C=Cc2ccc(F)cc2)c(C)n1Cc1ccco1. The maximum absolute atomic E-state index is 12.9. The van der Waals surface area contributed by atoms with Gasteiger partial charge in [-0.2, -0.15) is 0 Å². The van der Waals surface area contributed by atoms with E-state index in [1.165, 1.54) is 36.4 Å². The molecule has 3 aromatic rings. The predicted molar refractivity (Wildman–Crippen MR) is 102 cm³/mol. The molecule has 0 spiro atoms. The van der Waals surface area contributed by atoms with Gasteiger partial charge in [0.2, 0.25) is 5.78 Å². The molecule has 0 saturated heterocycles. The Kier molecular flexibility index (Phi) is 5.89. The van der Waals surface area contributed by atoms with Crippen LogP contribution in [-0.4, -0.2) is 22.9 Å². The molecule has 0 aliphatic heterocycles. The van der Waals surface area contributed by atoms with Crippen LogP contribution in [0.5, 0.6) is 0 Å². The molecule has 6 heteroatoms. The van der Waals surface area contributed by atoms with E-state index < -0.39 is 5.97 Å². The Labute approximate surface area is 162 Å². The Hall–Kier alpha value is -3.41. The number of Topliss-reactive ketones (excluding diaryl/α,β-unsaturated/α-hetero) is 1. The fraction of sp³-hybridized carbons (Fsp3) is 0.182. The second-order valence-electron chi connectivity index (χ2n) is 6.37. The van der Waals surface area contributed by atoms with Crippen LogP contribution in [-0.2, 0) is 16.1 Å². The molecule has 0 aliphatic carbocycles.